The lowest BCUT2D eigenvalue weighted by molar-refractivity contribution is 0.0933. The topological polar surface area (TPSA) is 86.0 Å². The van der Waals surface area contributed by atoms with Crippen molar-refractivity contribution < 1.29 is 4.79 Å². The fourth-order valence-corrected chi connectivity index (χ4v) is 3.25. The molecule has 0 radical (unpaired) electrons. The zero-order valence-corrected chi connectivity index (χ0v) is 18.5. The molecular formula is C24H28N4O3. The Labute approximate surface area is 181 Å². The maximum absolute atomic E-state index is 13.3. The maximum atomic E-state index is 13.3. The molecule has 2 aromatic carbocycles. The Bertz CT molecular complexity index is 1200. The highest BCUT2D eigenvalue weighted by Crippen LogP contribution is 2.16. The van der Waals surface area contributed by atoms with E-state index in [2.05, 4.69) is 24.3 Å². The highest BCUT2D eigenvalue weighted by Gasteiger charge is 2.21. The van der Waals surface area contributed by atoms with Crippen molar-refractivity contribution >= 4 is 5.91 Å². The molecule has 0 aliphatic heterocycles. The third kappa shape index (κ3) is 4.82. The van der Waals surface area contributed by atoms with Crippen LogP contribution in [0.15, 0.2) is 58.1 Å². The number of carbonyl (C=O) groups excluding carboxylic acids is 1. The first kappa shape index (κ1) is 22.2. The number of amides is 1. The van der Waals surface area contributed by atoms with Crippen molar-refractivity contribution in [3.63, 3.8) is 0 Å². The van der Waals surface area contributed by atoms with E-state index in [0.29, 0.717) is 11.6 Å². The quantitative estimate of drug-likeness (QED) is 0.664. The van der Waals surface area contributed by atoms with Crippen LogP contribution >= 0.6 is 0 Å². The molecule has 0 unspecified atom stereocenters. The van der Waals surface area contributed by atoms with Gasteiger partial charge in [0.1, 0.15) is 0 Å². The minimum Gasteiger partial charge on any atom is -0.348 e. The summed E-state index contributed by atoms with van der Waals surface area (Å²) in [6.45, 7) is 9.72. The van der Waals surface area contributed by atoms with E-state index in [9.17, 15) is 14.4 Å². The molecule has 0 aliphatic carbocycles. The van der Waals surface area contributed by atoms with Crippen LogP contribution in [-0.2, 0) is 6.54 Å². The van der Waals surface area contributed by atoms with Crippen molar-refractivity contribution in [1.29, 1.82) is 0 Å². The Hall–Kier alpha value is -3.48. The molecule has 3 rings (SSSR count). The molecule has 1 heterocycles. The molecule has 0 bridgehead atoms. The molecule has 0 spiro atoms. The number of carbonyl (C=O) groups is 1. The average Bonchev–Trinajstić information content (AvgIpc) is 2.72. The van der Waals surface area contributed by atoms with Gasteiger partial charge in [-0.25, -0.2) is 4.79 Å². The van der Waals surface area contributed by atoms with Gasteiger partial charge in [-0.3, -0.25) is 14.2 Å². The zero-order valence-electron chi connectivity index (χ0n) is 18.5. The van der Waals surface area contributed by atoms with Crippen molar-refractivity contribution in [3.8, 4) is 5.69 Å². The van der Waals surface area contributed by atoms with Gasteiger partial charge in [-0.2, -0.15) is 9.78 Å². The largest absolute Gasteiger partial charge is 0.352 e. The van der Waals surface area contributed by atoms with Gasteiger partial charge in [0.25, 0.3) is 11.5 Å². The number of nitrogens with one attached hydrogen (secondary N) is 1. The molecule has 1 N–H and O–H groups in total. The lowest BCUT2D eigenvalue weighted by Gasteiger charge is -2.14. The summed E-state index contributed by atoms with van der Waals surface area (Å²) in [6, 6.07) is 14.7. The Balaban J connectivity index is 2.20. The highest BCUT2D eigenvalue weighted by molar-refractivity contribution is 5.91. The van der Waals surface area contributed by atoms with E-state index in [1.807, 2.05) is 43.3 Å². The Morgan fingerprint density at radius 2 is 1.65 bits per heavy atom. The van der Waals surface area contributed by atoms with Crippen LogP contribution in [0.5, 0.6) is 0 Å². The molecule has 0 fully saturated rings. The number of rotatable bonds is 6. The first-order valence-electron chi connectivity index (χ1n) is 10.4. The first-order valence-corrected chi connectivity index (χ1v) is 10.4. The van der Waals surface area contributed by atoms with Gasteiger partial charge in [-0.15, -0.1) is 0 Å². The smallest absolute Gasteiger partial charge is 0.348 e. The number of nitrogens with zero attached hydrogens (tertiary/aromatic N) is 3. The second kappa shape index (κ2) is 9.12. The van der Waals surface area contributed by atoms with E-state index in [-0.39, 0.29) is 18.3 Å². The zero-order chi connectivity index (χ0) is 22.7. The molecular weight excluding hydrogens is 392 g/mol. The second-order valence-electron chi connectivity index (χ2n) is 8.24. The number of aromatic nitrogens is 3. The summed E-state index contributed by atoms with van der Waals surface area (Å²) in [6.07, 6.45) is 0. The van der Waals surface area contributed by atoms with Crippen LogP contribution < -0.4 is 16.6 Å². The maximum Gasteiger partial charge on any atom is 0.352 e. The average molecular weight is 421 g/mol. The summed E-state index contributed by atoms with van der Waals surface area (Å²) in [4.78, 5) is 39.0. The number of aryl methyl sites for hydroxylation is 1. The van der Waals surface area contributed by atoms with Gasteiger partial charge in [0.05, 0.1) is 12.2 Å². The lowest BCUT2D eigenvalue weighted by Crippen LogP contribution is -2.46. The van der Waals surface area contributed by atoms with Crippen molar-refractivity contribution in [2.45, 2.75) is 53.1 Å². The van der Waals surface area contributed by atoms with Gasteiger partial charge < -0.3 is 5.32 Å². The molecule has 0 saturated heterocycles. The SMILES string of the molecule is Cc1ccccc1Cn1c(=O)c(C(=O)NC(C)C)nn(-c2ccc(C(C)C)cc2)c1=O. The van der Waals surface area contributed by atoms with Gasteiger partial charge in [-0.1, -0.05) is 50.2 Å². The van der Waals surface area contributed by atoms with Gasteiger partial charge in [0, 0.05) is 6.04 Å². The molecule has 1 amide bonds. The summed E-state index contributed by atoms with van der Waals surface area (Å²) in [5.74, 6) is -0.271. The van der Waals surface area contributed by atoms with Gasteiger partial charge >= 0.3 is 5.69 Å². The Morgan fingerprint density at radius 3 is 2.23 bits per heavy atom. The number of hydrogen-bond acceptors (Lipinski definition) is 4. The normalized spacial score (nSPS) is 11.2. The third-order valence-electron chi connectivity index (χ3n) is 5.09. The molecule has 1 aromatic heterocycles. The van der Waals surface area contributed by atoms with E-state index in [0.717, 1.165) is 25.9 Å². The molecule has 7 heteroatoms. The predicted octanol–water partition coefficient (Wildman–Crippen LogP) is 3.01. The van der Waals surface area contributed by atoms with Gasteiger partial charge in [0.15, 0.2) is 0 Å². The van der Waals surface area contributed by atoms with Crippen LogP contribution in [0.25, 0.3) is 5.69 Å². The van der Waals surface area contributed by atoms with Crippen LogP contribution in [0.3, 0.4) is 0 Å². The summed E-state index contributed by atoms with van der Waals surface area (Å²) in [5.41, 5.74) is 1.77. The standard InChI is InChI=1S/C24H28N4O3/c1-15(2)18-10-12-20(13-11-18)28-24(31)27(14-19-9-7-6-8-17(19)5)23(30)21(26-28)22(29)25-16(3)4/h6-13,15-16H,14H2,1-5H3,(H,25,29). The van der Waals surface area contributed by atoms with Crippen LogP contribution in [-0.4, -0.2) is 26.3 Å². The van der Waals surface area contributed by atoms with E-state index < -0.39 is 17.2 Å². The highest BCUT2D eigenvalue weighted by atomic mass is 16.2. The van der Waals surface area contributed by atoms with Crippen LogP contribution in [0.2, 0.25) is 0 Å². The minimum atomic E-state index is -0.707. The second-order valence-corrected chi connectivity index (χ2v) is 8.24. The first-order chi connectivity index (χ1) is 14.7. The van der Waals surface area contributed by atoms with Crippen molar-refractivity contribution in [2.24, 2.45) is 0 Å². The molecule has 0 saturated carbocycles. The Morgan fingerprint density at radius 1 is 1.00 bits per heavy atom. The van der Waals surface area contributed by atoms with Crippen LogP contribution in [0, 0.1) is 6.92 Å². The molecule has 0 aliphatic rings. The lowest BCUT2D eigenvalue weighted by atomic mass is 10.0. The molecule has 31 heavy (non-hydrogen) atoms. The number of benzene rings is 2. The van der Waals surface area contributed by atoms with Crippen LogP contribution in [0.1, 0.15) is 60.8 Å². The van der Waals surface area contributed by atoms with E-state index in [4.69, 9.17) is 0 Å². The van der Waals surface area contributed by atoms with E-state index in [1.165, 1.54) is 0 Å². The summed E-state index contributed by atoms with van der Waals surface area (Å²) in [7, 11) is 0. The summed E-state index contributed by atoms with van der Waals surface area (Å²) in [5, 5.41) is 6.85. The van der Waals surface area contributed by atoms with Gasteiger partial charge in [0.2, 0.25) is 5.69 Å². The fraction of sp³-hybridized carbons (Fsp3) is 0.333. The monoisotopic (exact) mass is 420 g/mol. The number of hydrogen-bond donors (Lipinski definition) is 1. The Kier molecular flexibility index (Phi) is 6.53. The van der Waals surface area contributed by atoms with E-state index in [1.54, 1.807) is 26.0 Å². The van der Waals surface area contributed by atoms with Crippen molar-refractivity contribution in [2.75, 3.05) is 0 Å². The molecule has 7 nitrogen and oxygen atoms in total. The van der Waals surface area contributed by atoms with Gasteiger partial charge in [-0.05, 0) is 55.5 Å². The van der Waals surface area contributed by atoms with Crippen molar-refractivity contribution in [3.05, 3.63) is 91.8 Å². The minimum absolute atomic E-state index is 0.0545. The summed E-state index contributed by atoms with van der Waals surface area (Å²) >= 11 is 0. The van der Waals surface area contributed by atoms with E-state index >= 15 is 0 Å². The molecule has 162 valence electrons. The summed E-state index contributed by atoms with van der Waals surface area (Å²) < 4.78 is 2.19. The molecule has 0 atom stereocenters. The predicted molar refractivity (Wildman–Crippen MR) is 121 cm³/mol. The fourth-order valence-electron chi connectivity index (χ4n) is 3.25. The molecule has 3 aromatic rings. The third-order valence-corrected chi connectivity index (χ3v) is 5.09. The van der Waals surface area contributed by atoms with Crippen molar-refractivity contribution in [1.82, 2.24) is 19.7 Å². The van der Waals surface area contributed by atoms with Crippen LogP contribution in [0.4, 0.5) is 0 Å².